The molecule has 1 aromatic rings. The number of ether oxygens (including phenoxy) is 3. The van der Waals surface area contributed by atoms with Crippen LogP contribution in [0.4, 0.5) is 0 Å². The summed E-state index contributed by atoms with van der Waals surface area (Å²) in [4.78, 5) is 26.4. The molecule has 0 aromatic heterocycles. The fourth-order valence-corrected chi connectivity index (χ4v) is 7.69. The van der Waals surface area contributed by atoms with Crippen LogP contribution >= 0.6 is 11.9 Å². The lowest BCUT2D eigenvalue weighted by atomic mass is 9.87. The van der Waals surface area contributed by atoms with Crippen molar-refractivity contribution in [2.75, 3.05) is 27.9 Å². The molecule has 0 fully saturated rings. The minimum atomic E-state index is -0.395. The Morgan fingerprint density at radius 2 is 1.02 bits per heavy atom. The van der Waals surface area contributed by atoms with Gasteiger partial charge in [-0.1, -0.05) is 167 Å². The summed E-state index contributed by atoms with van der Waals surface area (Å²) in [5.41, 5.74) is -0.395. The molecule has 0 saturated heterocycles. The Labute approximate surface area is 393 Å². The van der Waals surface area contributed by atoms with Gasteiger partial charge in [-0.2, -0.15) is 0 Å². The Morgan fingerprint density at radius 1 is 0.619 bits per heavy atom. The lowest BCUT2D eigenvalue weighted by molar-refractivity contribution is -0.152. The van der Waals surface area contributed by atoms with Gasteiger partial charge in [0.15, 0.2) is 6.61 Å². The third-order valence-electron chi connectivity index (χ3n) is 10.7. The minimum Gasteiger partial charge on any atom is -0.482 e. The second-order valence-electron chi connectivity index (χ2n) is 17.2. The number of hydrogen-bond acceptors (Lipinski definition) is 6. The van der Waals surface area contributed by atoms with Gasteiger partial charge in [-0.05, 0) is 133 Å². The molecule has 1 amide bonds. The Bertz CT molecular complexity index is 1210. The van der Waals surface area contributed by atoms with Gasteiger partial charge in [0.1, 0.15) is 26.1 Å². The van der Waals surface area contributed by atoms with Crippen LogP contribution in [0.15, 0.2) is 77.8 Å². The van der Waals surface area contributed by atoms with Crippen LogP contribution in [0, 0.1) is 5.41 Å². The van der Waals surface area contributed by atoms with E-state index in [1.54, 1.807) is 14.2 Å². The minimum absolute atomic E-state index is 0.0304. The quantitative estimate of drug-likeness (QED) is 0.0225. The van der Waals surface area contributed by atoms with Crippen molar-refractivity contribution in [3.05, 3.63) is 72.9 Å². The molecule has 0 aliphatic carbocycles. The summed E-state index contributed by atoms with van der Waals surface area (Å²) < 4.78 is 18.3. The second kappa shape index (κ2) is 48.6. The van der Waals surface area contributed by atoms with E-state index < -0.39 is 5.41 Å². The van der Waals surface area contributed by atoms with Crippen molar-refractivity contribution >= 4 is 23.8 Å². The molecule has 8 heteroatoms. The molecule has 0 aliphatic heterocycles. The zero-order valence-corrected chi connectivity index (χ0v) is 42.8. The van der Waals surface area contributed by atoms with Gasteiger partial charge in [-0.25, -0.2) is 4.79 Å². The lowest BCUT2D eigenvalue weighted by Gasteiger charge is -2.22. The fourth-order valence-electron chi connectivity index (χ4n) is 6.93. The summed E-state index contributed by atoms with van der Waals surface area (Å²) >= 11 is 1.31. The van der Waals surface area contributed by atoms with Gasteiger partial charge in [0, 0.05) is 17.4 Å². The van der Waals surface area contributed by atoms with Crippen molar-refractivity contribution in [1.29, 1.82) is 0 Å². The highest BCUT2D eigenvalue weighted by atomic mass is 32.2. The largest absolute Gasteiger partial charge is 0.482 e. The number of aliphatic hydroxyl groups excluding tert-OH is 1. The van der Waals surface area contributed by atoms with Crippen molar-refractivity contribution < 1.29 is 28.9 Å². The molecule has 0 bridgehead atoms. The van der Waals surface area contributed by atoms with Crippen molar-refractivity contribution in [1.82, 2.24) is 4.72 Å². The van der Waals surface area contributed by atoms with Gasteiger partial charge in [0.25, 0.3) is 0 Å². The molecule has 0 unspecified atom stereocenters. The predicted octanol–water partition coefficient (Wildman–Crippen LogP) is 15.7. The van der Waals surface area contributed by atoms with Gasteiger partial charge < -0.3 is 19.3 Å². The highest BCUT2D eigenvalue weighted by Gasteiger charge is 2.26. The molecular formula is C55H98NO6S+. The van der Waals surface area contributed by atoms with Crippen LogP contribution in [0.3, 0.4) is 0 Å². The van der Waals surface area contributed by atoms with Crippen LogP contribution < -0.4 is 9.46 Å². The summed E-state index contributed by atoms with van der Waals surface area (Å²) in [6.45, 7) is 10.5. The van der Waals surface area contributed by atoms with E-state index in [-0.39, 0.29) is 24.6 Å². The summed E-state index contributed by atoms with van der Waals surface area (Å²) in [6.07, 6.45) is 51.7. The number of unbranched alkanes of at least 4 members (excludes halogenated alkanes) is 18. The third-order valence-corrected chi connectivity index (χ3v) is 11.5. The number of aliphatic hydroxyl groups is 3. The second-order valence-corrected chi connectivity index (χ2v) is 18.1. The standard InChI is InChI=1S/C52H87NO4S.C2H6O.CH4O/c1-6-9-11-13-15-17-19-21-23-25-27-29-31-33-35-37-39-48(40-38-36-34-32-30-28-26-24-22-20-18-16-14-12-10-7-2)57-50(54)46-56-47-41-43-49(44-42-47)58-53-51(55)52(4,5)45-8-3;1-3-2;1-2/h15-18,21-24,41-44,48H,6-14,19-20,25-40,45-46H2,1-5H3,(H,53,55);1-2H3;2H,1H3/p+1/b17-15-,18-16-,23-21-,24-22-;;. The van der Waals surface area contributed by atoms with Crippen LogP contribution in [0.25, 0.3) is 0 Å². The number of allylic oxidation sites excluding steroid dienone is 8. The highest BCUT2D eigenvalue weighted by molar-refractivity contribution is 7.98. The Morgan fingerprint density at radius 3 is 1.43 bits per heavy atom. The maximum atomic E-state index is 12.9. The zero-order valence-electron chi connectivity index (χ0n) is 41.9. The first-order chi connectivity index (χ1) is 30.7. The number of benzene rings is 1. The lowest BCUT2D eigenvalue weighted by Crippen LogP contribution is -2.32. The van der Waals surface area contributed by atoms with Crippen LogP contribution in [0.5, 0.6) is 5.75 Å². The monoisotopic (exact) mass is 901 g/mol. The average molecular weight is 901 g/mol. The van der Waals surface area contributed by atoms with E-state index in [1.165, 1.54) is 140 Å². The molecule has 364 valence electrons. The molecule has 0 heterocycles. The van der Waals surface area contributed by atoms with E-state index in [4.69, 9.17) is 14.6 Å². The van der Waals surface area contributed by atoms with E-state index in [2.05, 4.69) is 78.8 Å². The van der Waals surface area contributed by atoms with E-state index in [0.717, 1.165) is 63.4 Å². The van der Waals surface area contributed by atoms with Gasteiger partial charge in [0.2, 0.25) is 5.91 Å². The number of nitrogens with one attached hydrogen (secondary N) is 1. The molecule has 0 saturated carbocycles. The first-order valence-corrected chi connectivity index (χ1v) is 26.0. The maximum Gasteiger partial charge on any atom is 0.344 e. The SMILES string of the molecule is CCCCC/C=C\C/C=C\CCCCCCCCC(CCCCCCCC/C=C\C/C=C\CCCCC)OC(=O)COc1ccc(SNC(=O)C(C)(C)CCC)cc1.CO.C[OH+]C. The van der Waals surface area contributed by atoms with E-state index >= 15 is 0 Å². The van der Waals surface area contributed by atoms with Gasteiger partial charge in [-0.3, -0.25) is 9.52 Å². The number of esters is 1. The summed E-state index contributed by atoms with van der Waals surface area (Å²) in [5.74, 6) is 0.350. The first-order valence-electron chi connectivity index (χ1n) is 25.2. The van der Waals surface area contributed by atoms with Crippen molar-refractivity contribution in [2.45, 2.75) is 225 Å². The van der Waals surface area contributed by atoms with Crippen molar-refractivity contribution in [3.8, 4) is 5.75 Å². The van der Waals surface area contributed by atoms with Crippen LogP contribution in [0.2, 0.25) is 0 Å². The fraction of sp³-hybridized carbons (Fsp3) is 0.709. The molecule has 0 atom stereocenters. The Balaban J connectivity index is 0. The molecule has 0 radical (unpaired) electrons. The maximum absolute atomic E-state index is 12.9. The molecular weight excluding hydrogens is 803 g/mol. The van der Waals surface area contributed by atoms with Crippen molar-refractivity contribution in [2.24, 2.45) is 5.41 Å². The molecule has 0 spiro atoms. The molecule has 1 rings (SSSR count). The Kier molecular flexibility index (Phi) is 48.1. The number of rotatable bonds is 39. The van der Waals surface area contributed by atoms with Gasteiger partial charge >= 0.3 is 5.97 Å². The topological polar surface area (TPSA) is 97.7 Å². The van der Waals surface area contributed by atoms with Gasteiger partial charge in [0.05, 0.1) is 0 Å². The number of amides is 1. The molecule has 7 nitrogen and oxygen atoms in total. The van der Waals surface area contributed by atoms with Gasteiger partial charge in [-0.15, -0.1) is 0 Å². The van der Waals surface area contributed by atoms with E-state index in [0.29, 0.717) is 5.75 Å². The smallest absolute Gasteiger partial charge is 0.344 e. The number of carbonyl (C=O) groups is 2. The predicted molar refractivity (Wildman–Crippen MR) is 275 cm³/mol. The molecule has 1 aromatic carbocycles. The molecule has 0 aliphatic rings. The van der Waals surface area contributed by atoms with Crippen LogP contribution in [0.1, 0.15) is 214 Å². The molecule has 3 N–H and O–H groups in total. The van der Waals surface area contributed by atoms with E-state index in [1.807, 2.05) is 38.1 Å². The number of carbonyl (C=O) groups excluding carboxylic acids is 2. The zero-order chi connectivity index (χ0) is 46.9. The first kappa shape index (κ1) is 62.3. The van der Waals surface area contributed by atoms with E-state index in [9.17, 15) is 9.59 Å². The summed E-state index contributed by atoms with van der Waals surface area (Å²) in [6, 6.07) is 7.48. The third kappa shape index (κ3) is 42.9. The average Bonchev–Trinajstić information content (AvgIpc) is 3.28. The highest BCUT2D eigenvalue weighted by Crippen LogP contribution is 2.26. The summed E-state index contributed by atoms with van der Waals surface area (Å²) in [7, 11) is 4.50. The normalized spacial score (nSPS) is 11.7. The molecule has 63 heavy (non-hydrogen) atoms. The van der Waals surface area contributed by atoms with Crippen molar-refractivity contribution in [3.63, 3.8) is 0 Å². The van der Waals surface area contributed by atoms with Crippen LogP contribution in [-0.2, 0) is 14.3 Å². The Hall–Kier alpha value is -2.81. The van der Waals surface area contributed by atoms with Crippen LogP contribution in [-0.4, -0.2) is 55.8 Å². The number of hydrogen-bond donors (Lipinski definition) is 2. The summed E-state index contributed by atoms with van der Waals surface area (Å²) in [5, 5.41) is 7.00.